The maximum atomic E-state index is 11.9. The van der Waals surface area contributed by atoms with Gasteiger partial charge in [-0.3, -0.25) is 0 Å². The fraction of sp³-hybridized carbons (Fsp3) is 0.667. The second-order valence-corrected chi connectivity index (χ2v) is 9.98. The number of ether oxygens (including phenoxy) is 2. The number of hydrogen-bond donors (Lipinski definition) is 1. The highest BCUT2D eigenvalue weighted by Gasteiger charge is 2.35. The highest BCUT2D eigenvalue weighted by Crippen LogP contribution is 2.36. The van der Waals surface area contributed by atoms with Gasteiger partial charge in [-0.25, -0.2) is 17.9 Å². The SMILES string of the molecule is COC(=O)N1CC[C@@H](NS(C)(=O)=O)[C@@H](OCC2CCC(c3ccccc3)CC2)C1. The highest BCUT2D eigenvalue weighted by atomic mass is 32.2. The van der Waals surface area contributed by atoms with Crippen LogP contribution in [0.4, 0.5) is 4.79 Å². The van der Waals surface area contributed by atoms with Crippen LogP contribution in [-0.4, -0.2) is 64.6 Å². The standard InChI is InChI=1S/C21H32N2O5S/c1-27-21(24)23-13-12-19(22-29(2,25)26)20(14-23)28-15-16-8-10-18(11-9-16)17-6-4-3-5-7-17/h3-7,16,18-20,22H,8-15H2,1-2H3/t16?,18?,19-,20+/m1/s1. The first-order valence-corrected chi connectivity index (χ1v) is 12.2. The van der Waals surface area contributed by atoms with E-state index < -0.39 is 16.1 Å². The number of carbonyl (C=O) groups is 1. The number of hydrogen-bond acceptors (Lipinski definition) is 5. The molecule has 29 heavy (non-hydrogen) atoms. The van der Waals surface area contributed by atoms with E-state index in [-0.39, 0.29) is 12.1 Å². The Hall–Kier alpha value is -1.64. The molecule has 7 nitrogen and oxygen atoms in total. The lowest BCUT2D eigenvalue weighted by Crippen LogP contribution is -2.56. The van der Waals surface area contributed by atoms with Crippen molar-refractivity contribution in [3.8, 4) is 0 Å². The summed E-state index contributed by atoms with van der Waals surface area (Å²) in [6, 6.07) is 10.3. The molecule has 1 aromatic rings. The number of rotatable bonds is 6. The van der Waals surface area contributed by atoms with Gasteiger partial charge in [0.05, 0.1) is 32.1 Å². The first kappa shape index (κ1) is 22.1. The highest BCUT2D eigenvalue weighted by molar-refractivity contribution is 7.88. The lowest BCUT2D eigenvalue weighted by atomic mass is 9.79. The van der Waals surface area contributed by atoms with Gasteiger partial charge in [-0.1, -0.05) is 30.3 Å². The number of benzene rings is 1. The smallest absolute Gasteiger partial charge is 0.409 e. The molecule has 0 aromatic heterocycles. The van der Waals surface area contributed by atoms with Crippen LogP contribution in [-0.2, 0) is 19.5 Å². The van der Waals surface area contributed by atoms with Crippen LogP contribution in [0.2, 0.25) is 0 Å². The molecule has 2 fully saturated rings. The number of nitrogens with one attached hydrogen (secondary N) is 1. The Bertz CT molecular complexity index is 763. The fourth-order valence-corrected chi connectivity index (χ4v) is 5.26. The summed E-state index contributed by atoms with van der Waals surface area (Å²) in [6.45, 7) is 1.37. The van der Waals surface area contributed by atoms with Gasteiger partial charge in [0.2, 0.25) is 10.0 Å². The molecule has 3 rings (SSSR count). The van der Waals surface area contributed by atoms with Gasteiger partial charge in [-0.15, -0.1) is 0 Å². The molecule has 0 bridgehead atoms. The van der Waals surface area contributed by atoms with E-state index in [0.717, 1.165) is 31.9 Å². The monoisotopic (exact) mass is 424 g/mol. The summed E-state index contributed by atoms with van der Waals surface area (Å²) in [6.07, 6.45) is 5.36. The quantitative estimate of drug-likeness (QED) is 0.759. The maximum absolute atomic E-state index is 11.9. The number of likely N-dealkylation sites (tertiary alicyclic amines) is 1. The Balaban J connectivity index is 1.53. The molecule has 1 saturated carbocycles. The minimum Gasteiger partial charge on any atom is -0.453 e. The minimum absolute atomic E-state index is 0.327. The summed E-state index contributed by atoms with van der Waals surface area (Å²) >= 11 is 0. The van der Waals surface area contributed by atoms with Crippen molar-refractivity contribution in [2.45, 2.75) is 50.2 Å². The third kappa shape index (κ3) is 6.42. The Morgan fingerprint density at radius 2 is 1.83 bits per heavy atom. The predicted molar refractivity (Wildman–Crippen MR) is 111 cm³/mol. The first-order valence-electron chi connectivity index (χ1n) is 10.3. The molecular weight excluding hydrogens is 392 g/mol. The largest absolute Gasteiger partial charge is 0.453 e. The molecule has 2 aliphatic rings. The van der Waals surface area contributed by atoms with Crippen molar-refractivity contribution < 1.29 is 22.7 Å². The van der Waals surface area contributed by atoms with Crippen molar-refractivity contribution >= 4 is 16.1 Å². The van der Waals surface area contributed by atoms with E-state index in [4.69, 9.17) is 9.47 Å². The van der Waals surface area contributed by atoms with E-state index >= 15 is 0 Å². The molecule has 8 heteroatoms. The summed E-state index contributed by atoms with van der Waals surface area (Å²) in [5, 5.41) is 0. The van der Waals surface area contributed by atoms with Gasteiger partial charge >= 0.3 is 6.09 Å². The zero-order valence-corrected chi connectivity index (χ0v) is 18.1. The van der Waals surface area contributed by atoms with Crippen LogP contribution >= 0.6 is 0 Å². The molecule has 162 valence electrons. The Labute approximate surface area is 173 Å². The second kappa shape index (κ2) is 9.91. The average molecular weight is 425 g/mol. The van der Waals surface area contributed by atoms with Gasteiger partial charge in [-0.05, 0) is 49.5 Å². The van der Waals surface area contributed by atoms with E-state index in [2.05, 4.69) is 29.0 Å². The molecule has 1 amide bonds. The summed E-state index contributed by atoms with van der Waals surface area (Å²) in [7, 11) is -1.99. The Kier molecular flexibility index (Phi) is 7.54. The summed E-state index contributed by atoms with van der Waals surface area (Å²) in [5.41, 5.74) is 1.41. The molecule has 2 atom stereocenters. The van der Waals surface area contributed by atoms with Crippen molar-refractivity contribution in [2.75, 3.05) is 33.1 Å². The number of methoxy groups -OCH3 is 1. The van der Waals surface area contributed by atoms with E-state index in [1.165, 1.54) is 12.7 Å². The first-order chi connectivity index (χ1) is 13.9. The van der Waals surface area contributed by atoms with E-state index in [9.17, 15) is 13.2 Å². The van der Waals surface area contributed by atoms with Crippen LogP contribution in [0.25, 0.3) is 0 Å². The number of nitrogens with zero attached hydrogens (tertiary/aromatic N) is 1. The van der Waals surface area contributed by atoms with Gasteiger partial charge < -0.3 is 14.4 Å². The Morgan fingerprint density at radius 3 is 2.45 bits per heavy atom. The molecule has 1 aliphatic heterocycles. The zero-order valence-electron chi connectivity index (χ0n) is 17.2. The molecule has 0 unspecified atom stereocenters. The van der Waals surface area contributed by atoms with Crippen molar-refractivity contribution in [3.05, 3.63) is 35.9 Å². The molecule has 1 saturated heterocycles. The third-order valence-corrected chi connectivity index (χ3v) is 6.75. The van der Waals surface area contributed by atoms with E-state index in [1.54, 1.807) is 4.90 Å². The van der Waals surface area contributed by atoms with E-state index in [1.807, 2.05) is 6.07 Å². The predicted octanol–water partition coefficient (Wildman–Crippen LogP) is 2.74. The number of piperidine rings is 1. The summed E-state index contributed by atoms with van der Waals surface area (Å²) in [5.74, 6) is 1.07. The molecular formula is C21H32N2O5S. The van der Waals surface area contributed by atoms with Gasteiger partial charge in [0, 0.05) is 13.2 Å². The lowest BCUT2D eigenvalue weighted by molar-refractivity contribution is -0.0330. The van der Waals surface area contributed by atoms with Crippen LogP contribution < -0.4 is 4.72 Å². The second-order valence-electron chi connectivity index (χ2n) is 8.20. The van der Waals surface area contributed by atoms with Gasteiger partial charge in [0.25, 0.3) is 0 Å². The normalized spacial score (nSPS) is 28.1. The average Bonchev–Trinajstić information content (AvgIpc) is 2.72. The molecule has 1 aliphatic carbocycles. The van der Waals surface area contributed by atoms with Crippen LogP contribution in [0.5, 0.6) is 0 Å². The molecule has 0 spiro atoms. The van der Waals surface area contributed by atoms with Crippen molar-refractivity contribution in [3.63, 3.8) is 0 Å². The van der Waals surface area contributed by atoms with Crippen LogP contribution in [0.15, 0.2) is 30.3 Å². The number of sulfonamides is 1. The van der Waals surface area contributed by atoms with Gasteiger partial charge in [0.1, 0.15) is 0 Å². The van der Waals surface area contributed by atoms with E-state index in [0.29, 0.717) is 38.0 Å². The topological polar surface area (TPSA) is 84.9 Å². The van der Waals surface area contributed by atoms with Crippen molar-refractivity contribution in [1.29, 1.82) is 0 Å². The molecule has 0 radical (unpaired) electrons. The molecule has 1 heterocycles. The third-order valence-electron chi connectivity index (χ3n) is 6.02. The number of carbonyl (C=O) groups excluding carboxylic acids is 1. The maximum Gasteiger partial charge on any atom is 0.409 e. The molecule has 1 N–H and O–H groups in total. The molecule has 1 aromatic carbocycles. The van der Waals surface area contributed by atoms with Crippen LogP contribution in [0.3, 0.4) is 0 Å². The zero-order chi connectivity index (χ0) is 20.9. The van der Waals surface area contributed by atoms with Gasteiger partial charge in [0.15, 0.2) is 0 Å². The number of amides is 1. The summed E-state index contributed by atoms with van der Waals surface area (Å²) < 4.78 is 37.1. The fourth-order valence-electron chi connectivity index (χ4n) is 4.44. The van der Waals surface area contributed by atoms with Gasteiger partial charge in [-0.2, -0.15) is 0 Å². The summed E-state index contributed by atoms with van der Waals surface area (Å²) in [4.78, 5) is 13.5. The van der Waals surface area contributed by atoms with Crippen LogP contribution in [0, 0.1) is 5.92 Å². The lowest BCUT2D eigenvalue weighted by Gasteiger charge is -2.38. The van der Waals surface area contributed by atoms with Crippen molar-refractivity contribution in [2.24, 2.45) is 5.92 Å². The van der Waals surface area contributed by atoms with Crippen molar-refractivity contribution in [1.82, 2.24) is 9.62 Å². The minimum atomic E-state index is -3.35. The van der Waals surface area contributed by atoms with Crippen LogP contribution in [0.1, 0.15) is 43.6 Å². The Morgan fingerprint density at radius 1 is 1.14 bits per heavy atom.